The van der Waals surface area contributed by atoms with Gasteiger partial charge in [-0.1, -0.05) is 6.07 Å². The maximum Gasteiger partial charge on any atom is 0.0762 e. The van der Waals surface area contributed by atoms with E-state index in [0.717, 1.165) is 36.0 Å². The highest BCUT2D eigenvalue weighted by molar-refractivity contribution is 9.10. The molecule has 4 heteroatoms. The van der Waals surface area contributed by atoms with Crippen LogP contribution in [-0.2, 0) is 0 Å². The van der Waals surface area contributed by atoms with E-state index >= 15 is 0 Å². The standard InChI is InChI=1S/C14H20BrNO2/c1-10(18)12-2-3-14(13(15)8-12)16-6-4-11(9-17)5-7-16/h2-3,8,10-11,17-18H,4-7,9H2,1H3. The van der Waals surface area contributed by atoms with E-state index in [1.54, 1.807) is 6.92 Å². The molecule has 1 heterocycles. The van der Waals surface area contributed by atoms with Crippen LogP contribution in [0.3, 0.4) is 0 Å². The van der Waals surface area contributed by atoms with Gasteiger partial charge in [-0.15, -0.1) is 0 Å². The fourth-order valence-corrected chi connectivity index (χ4v) is 3.04. The van der Waals surface area contributed by atoms with Crippen molar-refractivity contribution < 1.29 is 10.2 Å². The van der Waals surface area contributed by atoms with Crippen LogP contribution in [0.15, 0.2) is 22.7 Å². The van der Waals surface area contributed by atoms with Crippen LogP contribution in [0, 0.1) is 5.92 Å². The van der Waals surface area contributed by atoms with Gasteiger partial charge in [0.25, 0.3) is 0 Å². The van der Waals surface area contributed by atoms with Gasteiger partial charge in [-0.3, -0.25) is 0 Å². The highest BCUT2D eigenvalue weighted by Gasteiger charge is 2.20. The van der Waals surface area contributed by atoms with Crippen LogP contribution in [0.5, 0.6) is 0 Å². The van der Waals surface area contributed by atoms with Crippen molar-refractivity contribution in [1.29, 1.82) is 0 Å². The summed E-state index contributed by atoms with van der Waals surface area (Å²) in [6.07, 6.45) is 1.65. The lowest BCUT2D eigenvalue weighted by molar-refractivity contribution is 0.199. The summed E-state index contributed by atoms with van der Waals surface area (Å²) in [5.74, 6) is 0.455. The molecule has 1 fully saturated rings. The van der Waals surface area contributed by atoms with Gasteiger partial charge >= 0.3 is 0 Å². The van der Waals surface area contributed by atoms with E-state index in [0.29, 0.717) is 12.5 Å². The first-order chi connectivity index (χ1) is 8.61. The van der Waals surface area contributed by atoms with Gasteiger partial charge in [-0.2, -0.15) is 0 Å². The topological polar surface area (TPSA) is 43.7 Å². The predicted molar refractivity (Wildman–Crippen MR) is 76.8 cm³/mol. The highest BCUT2D eigenvalue weighted by Crippen LogP contribution is 2.32. The Kier molecular flexibility index (Phi) is 4.65. The Labute approximate surface area is 117 Å². The maximum atomic E-state index is 9.55. The average Bonchev–Trinajstić information content (AvgIpc) is 2.38. The Hall–Kier alpha value is -0.580. The summed E-state index contributed by atoms with van der Waals surface area (Å²) in [4.78, 5) is 2.34. The first kappa shape index (κ1) is 13.8. The fraction of sp³-hybridized carbons (Fsp3) is 0.571. The van der Waals surface area contributed by atoms with Crippen LogP contribution >= 0.6 is 15.9 Å². The molecule has 0 saturated carbocycles. The number of hydrogen-bond acceptors (Lipinski definition) is 3. The minimum Gasteiger partial charge on any atom is -0.396 e. The summed E-state index contributed by atoms with van der Waals surface area (Å²) < 4.78 is 1.03. The number of hydrogen-bond donors (Lipinski definition) is 2. The molecule has 2 N–H and O–H groups in total. The molecule has 1 aliphatic rings. The average molecular weight is 314 g/mol. The molecular weight excluding hydrogens is 294 g/mol. The molecule has 0 aromatic heterocycles. The lowest BCUT2D eigenvalue weighted by Gasteiger charge is -2.33. The molecule has 0 radical (unpaired) electrons. The Morgan fingerprint density at radius 3 is 2.56 bits per heavy atom. The zero-order chi connectivity index (χ0) is 13.1. The third kappa shape index (κ3) is 3.05. The Bertz CT molecular complexity index is 401. The van der Waals surface area contributed by atoms with Crippen LogP contribution in [0.25, 0.3) is 0 Å². The molecule has 1 atom stereocenters. The van der Waals surface area contributed by atoms with Crippen molar-refractivity contribution >= 4 is 21.6 Å². The van der Waals surface area contributed by atoms with E-state index in [9.17, 15) is 5.11 Å². The molecule has 100 valence electrons. The van der Waals surface area contributed by atoms with Gasteiger partial charge < -0.3 is 15.1 Å². The predicted octanol–water partition coefficient (Wildman–Crippen LogP) is 2.71. The van der Waals surface area contributed by atoms with Gasteiger partial charge in [0.1, 0.15) is 0 Å². The van der Waals surface area contributed by atoms with E-state index < -0.39 is 6.10 Å². The van der Waals surface area contributed by atoms with Gasteiger partial charge in [0, 0.05) is 24.2 Å². The summed E-state index contributed by atoms with van der Waals surface area (Å²) >= 11 is 3.58. The Morgan fingerprint density at radius 2 is 2.06 bits per heavy atom. The second-order valence-electron chi connectivity index (χ2n) is 5.00. The first-order valence-electron chi connectivity index (χ1n) is 6.45. The quantitative estimate of drug-likeness (QED) is 0.901. The second kappa shape index (κ2) is 6.04. The molecule has 18 heavy (non-hydrogen) atoms. The number of aliphatic hydroxyl groups excluding tert-OH is 2. The summed E-state index contributed by atoms with van der Waals surface area (Å²) in [6, 6.07) is 6.02. The van der Waals surface area contributed by atoms with E-state index in [1.807, 2.05) is 12.1 Å². The maximum absolute atomic E-state index is 9.55. The van der Waals surface area contributed by atoms with Gasteiger partial charge in [-0.25, -0.2) is 0 Å². The van der Waals surface area contributed by atoms with Gasteiger partial charge in [0.05, 0.1) is 11.8 Å². The van der Waals surface area contributed by atoms with Crippen molar-refractivity contribution in [3.05, 3.63) is 28.2 Å². The van der Waals surface area contributed by atoms with Crippen LogP contribution < -0.4 is 4.90 Å². The zero-order valence-corrected chi connectivity index (χ0v) is 12.2. The SMILES string of the molecule is CC(O)c1ccc(N2CCC(CO)CC2)c(Br)c1. The Morgan fingerprint density at radius 1 is 1.39 bits per heavy atom. The van der Waals surface area contributed by atoms with Crippen LogP contribution in [-0.4, -0.2) is 29.9 Å². The van der Waals surface area contributed by atoms with Crippen molar-refractivity contribution in [3.63, 3.8) is 0 Å². The molecule has 0 amide bonds. The number of aliphatic hydroxyl groups is 2. The molecule has 3 nitrogen and oxygen atoms in total. The molecule has 2 rings (SSSR count). The van der Waals surface area contributed by atoms with E-state index in [4.69, 9.17) is 5.11 Å². The first-order valence-corrected chi connectivity index (χ1v) is 7.24. The monoisotopic (exact) mass is 313 g/mol. The number of anilines is 1. The van der Waals surface area contributed by atoms with Crippen molar-refractivity contribution in [2.24, 2.45) is 5.92 Å². The summed E-state index contributed by atoms with van der Waals surface area (Å²) in [6.45, 7) is 4.04. The van der Waals surface area contributed by atoms with E-state index in [2.05, 4.69) is 26.9 Å². The van der Waals surface area contributed by atoms with Crippen LogP contribution in [0.2, 0.25) is 0 Å². The minimum absolute atomic E-state index is 0.302. The zero-order valence-electron chi connectivity index (χ0n) is 10.6. The summed E-state index contributed by atoms with van der Waals surface area (Å²) in [5, 5.41) is 18.7. The second-order valence-corrected chi connectivity index (χ2v) is 5.85. The fourth-order valence-electron chi connectivity index (χ4n) is 2.40. The normalized spacial score (nSPS) is 19.0. The Balaban J connectivity index is 2.10. The van der Waals surface area contributed by atoms with Gasteiger partial charge in [0.15, 0.2) is 0 Å². The molecular formula is C14H20BrNO2. The minimum atomic E-state index is -0.435. The van der Waals surface area contributed by atoms with E-state index in [-0.39, 0.29) is 0 Å². The molecule has 0 spiro atoms. The van der Waals surface area contributed by atoms with Crippen LogP contribution in [0.4, 0.5) is 5.69 Å². The van der Waals surface area contributed by atoms with Crippen molar-refractivity contribution in [1.82, 2.24) is 0 Å². The number of piperidine rings is 1. The van der Waals surface area contributed by atoms with Gasteiger partial charge in [0.2, 0.25) is 0 Å². The third-order valence-electron chi connectivity index (χ3n) is 3.67. The van der Waals surface area contributed by atoms with Gasteiger partial charge in [-0.05, 0) is 59.3 Å². The number of benzene rings is 1. The summed E-state index contributed by atoms with van der Waals surface area (Å²) in [5.41, 5.74) is 2.10. The third-order valence-corrected chi connectivity index (χ3v) is 4.30. The molecule has 0 bridgehead atoms. The highest BCUT2D eigenvalue weighted by atomic mass is 79.9. The lowest BCUT2D eigenvalue weighted by Crippen LogP contribution is -2.34. The number of rotatable bonds is 3. The molecule has 1 aliphatic heterocycles. The number of halogens is 1. The van der Waals surface area contributed by atoms with E-state index in [1.165, 1.54) is 5.69 Å². The van der Waals surface area contributed by atoms with Crippen molar-refractivity contribution in [2.75, 3.05) is 24.6 Å². The molecule has 1 aromatic carbocycles. The molecule has 1 aromatic rings. The van der Waals surface area contributed by atoms with Crippen molar-refractivity contribution in [3.8, 4) is 0 Å². The summed E-state index contributed by atoms with van der Waals surface area (Å²) in [7, 11) is 0. The van der Waals surface area contributed by atoms with Crippen molar-refractivity contribution in [2.45, 2.75) is 25.9 Å². The van der Waals surface area contributed by atoms with Crippen LogP contribution in [0.1, 0.15) is 31.4 Å². The molecule has 1 saturated heterocycles. The lowest BCUT2D eigenvalue weighted by atomic mass is 9.97. The smallest absolute Gasteiger partial charge is 0.0762 e. The number of nitrogens with zero attached hydrogens (tertiary/aromatic N) is 1. The molecule has 1 unspecified atom stereocenters. The molecule has 0 aliphatic carbocycles. The largest absolute Gasteiger partial charge is 0.396 e.